The van der Waals surface area contributed by atoms with Gasteiger partial charge in [-0.05, 0) is 30.4 Å². The van der Waals surface area contributed by atoms with Crippen LogP contribution in [0.3, 0.4) is 0 Å². The predicted molar refractivity (Wildman–Crippen MR) is 68.3 cm³/mol. The minimum Gasteiger partial charge on any atom is -0.382 e. The quantitative estimate of drug-likeness (QED) is 0.821. The number of nitrogens with one attached hydrogen (secondary N) is 1. The molecule has 1 saturated carbocycles. The highest BCUT2D eigenvalue weighted by atomic mass is 14.9. The van der Waals surface area contributed by atoms with E-state index in [0.717, 1.165) is 24.1 Å². The molecule has 0 aliphatic heterocycles. The molecular formula is C13H21N3. The average Bonchev–Trinajstić information content (AvgIpc) is 2.30. The van der Waals surface area contributed by atoms with Gasteiger partial charge in [-0.15, -0.1) is 0 Å². The molecule has 0 amide bonds. The Hall–Kier alpha value is -1.25. The first kappa shape index (κ1) is 11.2. The molecule has 16 heavy (non-hydrogen) atoms. The largest absolute Gasteiger partial charge is 0.382 e. The third-order valence-electron chi connectivity index (χ3n) is 3.68. The summed E-state index contributed by atoms with van der Waals surface area (Å²) in [6.45, 7) is 3.38. The lowest BCUT2D eigenvalue weighted by Crippen LogP contribution is -2.24. The summed E-state index contributed by atoms with van der Waals surface area (Å²) in [5.74, 6) is 2.22. The molecule has 2 rings (SSSR count). The van der Waals surface area contributed by atoms with Gasteiger partial charge in [0.15, 0.2) is 0 Å². The minimum atomic E-state index is 0.603. The summed E-state index contributed by atoms with van der Waals surface area (Å²) in [5, 5.41) is 3.43. The van der Waals surface area contributed by atoms with Gasteiger partial charge in [0.25, 0.3) is 0 Å². The van der Waals surface area contributed by atoms with E-state index in [2.05, 4.69) is 17.2 Å². The Bertz CT molecular complexity index is 338. The van der Waals surface area contributed by atoms with Crippen LogP contribution in [0.2, 0.25) is 0 Å². The number of pyridine rings is 1. The third kappa shape index (κ3) is 2.65. The molecule has 1 aliphatic rings. The van der Waals surface area contributed by atoms with Crippen LogP contribution in [0.15, 0.2) is 18.3 Å². The molecule has 88 valence electrons. The second-order valence-electron chi connectivity index (χ2n) is 4.84. The Morgan fingerprint density at radius 3 is 3.00 bits per heavy atom. The van der Waals surface area contributed by atoms with E-state index < -0.39 is 0 Å². The number of hydrogen-bond acceptors (Lipinski definition) is 3. The van der Waals surface area contributed by atoms with Gasteiger partial charge >= 0.3 is 0 Å². The van der Waals surface area contributed by atoms with Crippen LogP contribution in [0, 0.1) is 11.8 Å². The van der Waals surface area contributed by atoms with Crippen LogP contribution in [0.1, 0.15) is 32.6 Å². The maximum absolute atomic E-state index is 5.80. The zero-order chi connectivity index (χ0) is 11.4. The number of anilines is 2. The van der Waals surface area contributed by atoms with Crippen LogP contribution >= 0.6 is 0 Å². The van der Waals surface area contributed by atoms with Gasteiger partial charge < -0.3 is 11.1 Å². The van der Waals surface area contributed by atoms with E-state index in [4.69, 9.17) is 5.73 Å². The van der Waals surface area contributed by atoms with Crippen molar-refractivity contribution in [2.45, 2.75) is 32.6 Å². The Balaban J connectivity index is 1.89. The van der Waals surface area contributed by atoms with Crippen LogP contribution in [-0.2, 0) is 0 Å². The van der Waals surface area contributed by atoms with Crippen molar-refractivity contribution in [1.29, 1.82) is 0 Å². The Labute approximate surface area is 97.5 Å². The molecule has 1 aliphatic carbocycles. The molecule has 1 aromatic rings. The van der Waals surface area contributed by atoms with E-state index in [0.29, 0.717) is 5.82 Å². The van der Waals surface area contributed by atoms with Gasteiger partial charge in [-0.2, -0.15) is 0 Å². The molecule has 0 radical (unpaired) electrons. The van der Waals surface area contributed by atoms with Crippen molar-refractivity contribution >= 4 is 11.5 Å². The van der Waals surface area contributed by atoms with Crippen molar-refractivity contribution in [3.05, 3.63) is 18.3 Å². The summed E-state index contributed by atoms with van der Waals surface area (Å²) < 4.78 is 0. The highest BCUT2D eigenvalue weighted by Gasteiger charge is 2.20. The van der Waals surface area contributed by atoms with Crippen molar-refractivity contribution in [1.82, 2.24) is 4.98 Å². The van der Waals surface area contributed by atoms with E-state index in [1.807, 2.05) is 12.1 Å². The van der Waals surface area contributed by atoms with Crippen LogP contribution in [0.25, 0.3) is 0 Å². The molecule has 0 aromatic carbocycles. The number of rotatable bonds is 3. The molecule has 3 heteroatoms. The van der Waals surface area contributed by atoms with Crippen molar-refractivity contribution in [2.75, 3.05) is 17.6 Å². The molecule has 3 nitrogen and oxygen atoms in total. The molecule has 1 aromatic heterocycles. The summed E-state index contributed by atoms with van der Waals surface area (Å²) in [4.78, 5) is 4.08. The van der Waals surface area contributed by atoms with Gasteiger partial charge in [0.2, 0.25) is 0 Å². The fourth-order valence-electron chi connectivity index (χ4n) is 2.50. The number of hydrogen-bond donors (Lipinski definition) is 2. The van der Waals surface area contributed by atoms with Crippen LogP contribution in [-0.4, -0.2) is 11.5 Å². The Kier molecular flexibility index (Phi) is 3.65. The third-order valence-corrected chi connectivity index (χ3v) is 3.68. The second kappa shape index (κ2) is 5.19. The molecule has 0 bridgehead atoms. The lowest BCUT2D eigenvalue weighted by molar-refractivity contribution is 0.268. The van der Waals surface area contributed by atoms with Gasteiger partial charge in [-0.1, -0.05) is 26.2 Å². The average molecular weight is 219 g/mol. The molecule has 3 N–H and O–H groups in total. The van der Waals surface area contributed by atoms with E-state index in [-0.39, 0.29) is 0 Å². The fraction of sp³-hybridized carbons (Fsp3) is 0.615. The maximum atomic E-state index is 5.80. The number of nitrogen functional groups attached to an aromatic ring is 1. The first-order valence-electron chi connectivity index (χ1n) is 6.21. The topological polar surface area (TPSA) is 50.9 Å². The summed E-state index contributed by atoms with van der Waals surface area (Å²) in [6, 6.07) is 3.92. The first-order valence-corrected chi connectivity index (χ1v) is 6.21. The molecule has 2 unspecified atom stereocenters. The lowest BCUT2D eigenvalue weighted by Gasteiger charge is -2.29. The fourth-order valence-corrected chi connectivity index (χ4v) is 2.50. The van der Waals surface area contributed by atoms with Crippen molar-refractivity contribution in [3.63, 3.8) is 0 Å². The molecule has 1 fully saturated rings. The molecule has 0 spiro atoms. The van der Waals surface area contributed by atoms with E-state index in [1.54, 1.807) is 6.20 Å². The van der Waals surface area contributed by atoms with Gasteiger partial charge in [-0.25, -0.2) is 4.98 Å². The summed E-state index contributed by atoms with van der Waals surface area (Å²) in [5.41, 5.74) is 6.77. The predicted octanol–water partition coefficient (Wildman–Crippen LogP) is 2.90. The number of aromatic nitrogens is 1. The van der Waals surface area contributed by atoms with Gasteiger partial charge in [0.1, 0.15) is 5.82 Å². The van der Waals surface area contributed by atoms with E-state index >= 15 is 0 Å². The smallest absolute Gasteiger partial charge is 0.146 e. The van der Waals surface area contributed by atoms with Crippen LogP contribution in [0.5, 0.6) is 0 Å². The number of nitrogens with zero attached hydrogens (tertiary/aromatic N) is 1. The molecule has 1 heterocycles. The highest BCUT2D eigenvalue weighted by molar-refractivity contribution is 5.60. The second-order valence-corrected chi connectivity index (χ2v) is 4.84. The molecule has 0 saturated heterocycles. The van der Waals surface area contributed by atoms with E-state index in [9.17, 15) is 0 Å². The van der Waals surface area contributed by atoms with Crippen molar-refractivity contribution < 1.29 is 0 Å². The Morgan fingerprint density at radius 2 is 2.25 bits per heavy atom. The minimum absolute atomic E-state index is 0.603. The molecular weight excluding hydrogens is 198 g/mol. The standard InChI is InChI=1S/C13H21N3/c1-10-5-2-3-6-11(10)9-16-12-7-4-8-15-13(12)14/h4,7-8,10-11,16H,2-3,5-6,9H2,1H3,(H2,14,15). The maximum Gasteiger partial charge on any atom is 0.146 e. The SMILES string of the molecule is CC1CCCCC1CNc1cccnc1N. The van der Waals surface area contributed by atoms with Crippen molar-refractivity contribution in [3.8, 4) is 0 Å². The van der Waals surface area contributed by atoms with Crippen molar-refractivity contribution in [2.24, 2.45) is 11.8 Å². The van der Waals surface area contributed by atoms with Gasteiger partial charge in [0, 0.05) is 12.7 Å². The van der Waals surface area contributed by atoms with Gasteiger partial charge in [0.05, 0.1) is 5.69 Å². The lowest BCUT2D eigenvalue weighted by atomic mass is 9.80. The normalized spacial score (nSPS) is 25.3. The summed E-state index contributed by atoms with van der Waals surface area (Å²) >= 11 is 0. The summed E-state index contributed by atoms with van der Waals surface area (Å²) in [6.07, 6.45) is 7.21. The van der Waals surface area contributed by atoms with Crippen LogP contribution in [0.4, 0.5) is 11.5 Å². The molecule has 2 atom stereocenters. The first-order chi connectivity index (χ1) is 7.77. The van der Waals surface area contributed by atoms with Gasteiger partial charge in [-0.3, -0.25) is 0 Å². The highest BCUT2D eigenvalue weighted by Crippen LogP contribution is 2.30. The zero-order valence-electron chi connectivity index (χ0n) is 9.95. The van der Waals surface area contributed by atoms with E-state index in [1.165, 1.54) is 25.7 Å². The summed E-state index contributed by atoms with van der Waals surface area (Å²) in [7, 11) is 0. The number of nitrogens with two attached hydrogens (primary N) is 1. The van der Waals surface area contributed by atoms with Crippen LogP contribution < -0.4 is 11.1 Å². The zero-order valence-corrected chi connectivity index (χ0v) is 9.95. The monoisotopic (exact) mass is 219 g/mol. The Morgan fingerprint density at radius 1 is 1.44 bits per heavy atom.